The minimum Gasteiger partial charge on any atom is -0.314 e. The van der Waals surface area contributed by atoms with Crippen LogP contribution in [0.4, 0.5) is 10.5 Å². The molecule has 0 aromatic carbocycles. The van der Waals surface area contributed by atoms with Crippen molar-refractivity contribution in [1.29, 1.82) is 0 Å². The first-order chi connectivity index (χ1) is 7.99. The lowest BCUT2D eigenvalue weighted by atomic mass is 10.1. The number of nitrogens with zero attached hydrogens (tertiary/aromatic N) is 1. The summed E-state index contributed by atoms with van der Waals surface area (Å²) >= 11 is 0. The van der Waals surface area contributed by atoms with Crippen LogP contribution < -0.4 is 10.6 Å². The highest BCUT2D eigenvalue weighted by molar-refractivity contribution is 5.89. The Hall–Kier alpha value is -1.84. The maximum atomic E-state index is 11.5. The van der Waals surface area contributed by atoms with Gasteiger partial charge in [-0.2, -0.15) is 0 Å². The molecule has 0 aliphatic heterocycles. The van der Waals surface area contributed by atoms with E-state index in [1.54, 1.807) is 12.4 Å². The Morgan fingerprint density at radius 2 is 2.12 bits per heavy atom. The molecule has 1 aromatic heterocycles. The number of aromatic nitrogens is 1. The van der Waals surface area contributed by atoms with Gasteiger partial charge < -0.3 is 10.6 Å². The third-order valence-corrected chi connectivity index (χ3v) is 2.51. The monoisotopic (exact) mass is 233 g/mol. The molecule has 1 rings (SSSR count). The minimum atomic E-state index is -0.254. The molecule has 0 fully saturated rings. The lowest BCUT2D eigenvalue weighted by molar-refractivity contribution is 0.255. The molecule has 0 aliphatic carbocycles. The Balaban J connectivity index is 2.50. The van der Waals surface area contributed by atoms with Gasteiger partial charge in [-0.05, 0) is 31.9 Å². The molecule has 0 radical (unpaired) electrons. The van der Waals surface area contributed by atoms with E-state index in [1.165, 1.54) is 0 Å². The lowest BCUT2D eigenvalue weighted by Crippen LogP contribution is -2.24. The van der Waals surface area contributed by atoms with Crippen molar-refractivity contribution in [1.82, 2.24) is 10.3 Å². The Morgan fingerprint density at radius 3 is 2.65 bits per heavy atom. The molecule has 0 bridgehead atoms. The van der Waals surface area contributed by atoms with Crippen molar-refractivity contribution in [3.8, 4) is 0 Å². The fourth-order valence-electron chi connectivity index (χ4n) is 1.05. The van der Waals surface area contributed by atoms with Gasteiger partial charge >= 0.3 is 6.03 Å². The molecular formula is C13H19N3O. The van der Waals surface area contributed by atoms with E-state index >= 15 is 0 Å². The number of pyridine rings is 1. The Kier molecular flexibility index (Phi) is 4.69. The second kappa shape index (κ2) is 6.03. The predicted molar refractivity (Wildman–Crippen MR) is 69.7 cm³/mol. The average molecular weight is 233 g/mol. The fourth-order valence-corrected chi connectivity index (χ4v) is 1.05. The zero-order chi connectivity index (χ0) is 12.8. The van der Waals surface area contributed by atoms with E-state index < -0.39 is 0 Å². The molecule has 0 aliphatic rings. The van der Waals surface area contributed by atoms with Gasteiger partial charge in [0.15, 0.2) is 0 Å². The summed E-state index contributed by atoms with van der Waals surface area (Å²) in [6.07, 6.45) is 3.36. The van der Waals surface area contributed by atoms with Crippen molar-refractivity contribution in [2.75, 3.05) is 5.32 Å². The highest BCUT2D eigenvalue weighted by Crippen LogP contribution is 2.07. The summed E-state index contributed by atoms with van der Waals surface area (Å²) < 4.78 is 0. The van der Waals surface area contributed by atoms with Crippen molar-refractivity contribution < 1.29 is 4.79 Å². The van der Waals surface area contributed by atoms with Crippen molar-refractivity contribution in [3.05, 3.63) is 35.8 Å². The van der Waals surface area contributed by atoms with Crippen LogP contribution in [0.5, 0.6) is 0 Å². The summed E-state index contributed by atoms with van der Waals surface area (Å²) in [4.78, 5) is 15.6. The quantitative estimate of drug-likeness (QED) is 0.843. The summed E-state index contributed by atoms with van der Waals surface area (Å²) in [6.45, 7) is 8.04. The van der Waals surface area contributed by atoms with Crippen molar-refractivity contribution in [2.45, 2.75) is 27.7 Å². The molecule has 0 saturated carbocycles. The van der Waals surface area contributed by atoms with Crippen LogP contribution in [0.15, 0.2) is 30.1 Å². The summed E-state index contributed by atoms with van der Waals surface area (Å²) in [5, 5.41) is 5.39. The molecule has 0 spiro atoms. The van der Waals surface area contributed by atoms with Gasteiger partial charge in [-0.3, -0.25) is 4.98 Å². The van der Waals surface area contributed by atoms with Gasteiger partial charge in [-0.25, -0.2) is 4.79 Å². The second-order valence-corrected chi connectivity index (χ2v) is 4.33. The molecule has 4 nitrogen and oxygen atoms in total. The Bertz CT molecular complexity index is 407. The van der Waals surface area contributed by atoms with E-state index in [9.17, 15) is 4.79 Å². The molecule has 4 heteroatoms. The number of carbonyl (C=O) groups excluding carboxylic acids is 1. The first-order valence-electron chi connectivity index (χ1n) is 5.66. The third-order valence-electron chi connectivity index (χ3n) is 2.51. The van der Waals surface area contributed by atoms with Crippen LogP contribution in [0.2, 0.25) is 0 Å². The molecule has 17 heavy (non-hydrogen) atoms. The number of anilines is 1. The summed E-state index contributed by atoms with van der Waals surface area (Å²) in [5.41, 5.74) is 2.73. The van der Waals surface area contributed by atoms with E-state index in [0.29, 0.717) is 11.6 Å². The molecule has 2 amide bonds. The number of hydrogen-bond acceptors (Lipinski definition) is 2. The van der Waals surface area contributed by atoms with E-state index in [1.807, 2.05) is 26.0 Å². The standard InChI is InChI=1S/C13H19N3O/c1-9(2)10(3)7-15-13(17)16-12-6-5-11(4)14-8-12/h5-9H,1-4H3,(H2,15,16,17)/b10-7+. The van der Waals surface area contributed by atoms with Crippen LogP contribution in [0, 0.1) is 12.8 Å². The number of allylic oxidation sites excluding steroid dienone is 1. The topological polar surface area (TPSA) is 54.0 Å². The van der Waals surface area contributed by atoms with Crippen LogP contribution in [0.1, 0.15) is 26.5 Å². The molecule has 92 valence electrons. The third kappa shape index (κ3) is 4.68. The van der Waals surface area contributed by atoms with Gasteiger partial charge in [0.05, 0.1) is 11.9 Å². The number of aryl methyl sites for hydroxylation is 1. The van der Waals surface area contributed by atoms with Gasteiger partial charge in [0.25, 0.3) is 0 Å². The smallest absolute Gasteiger partial charge is 0.314 e. The number of carbonyl (C=O) groups is 1. The molecular weight excluding hydrogens is 214 g/mol. The van der Waals surface area contributed by atoms with Crippen LogP contribution in [-0.2, 0) is 0 Å². The zero-order valence-corrected chi connectivity index (χ0v) is 10.7. The van der Waals surface area contributed by atoms with E-state index in [0.717, 1.165) is 11.3 Å². The largest absolute Gasteiger partial charge is 0.323 e. The number of amides is 2. The minimum absolute atomic E-state index is 0.254. The number of urea groups is 1. The summed E-state index contributed by atoms with van der Waals surface area (Å²) in [7, 11) is 0. The van der Waals surface area contributed by atoms with E-state index in [-0.39, 0.29) is 6.03 Å². The molecule has 0 unspecified atom stereocenters. The van der Waals surface area contributed by atoms with Gasteiger partial charge in [0.1, 0.15) is 0 Å². The summed E-state index contributed by atoms with van der Waals surface area (Å²) in [6, 6.07) is 3.42. The SMILES string of the molecule is C/C(=C\NC(=O)Nc1ccc(C)nc1)C(C)C. The Labute approximate surface area is 102 Å². The summed E-state index contributed by atoms with van der Waals surface area (Å²) in [5.74, 6) is 0.427. The highest BCUT2D eigenvalue weighted by Gasteiger charge is 2.01. The zero-order valence-electron chi connectivity index (χ0n) is 10.7. The maximum absolute atomic E-state index is 11.5. The number of rotatable bonds is 3. The molecule has 2 N–H and O–H groups in total. The molecule has 1 heterocycles. The van der Waals surface area contributed by atoms with Crippen molar-refractivity contribution in [3.63, 3.8) is 0 Å². The maximum Gasteiger partial charge on any atom is 0.323 e. The van der Waals surface area contributed by atoms with E-state index in [2.05, 4.69) is 29.5 Å². The molecule has 1 aromatic rings. The van der Waals surface area contributed by atoms with Crippen LogP contribution in [0.25, 0.3) is 0 Å². The van der Waals surface area contributed by atoms with Crippen molar-refractivity contribution in [2.24, 2.45) is 5.92 Å². The molecule has 0 saturated heterocycles. The fraction of sp³-hybridized carbons (Fsp3) is 0.385. The Morgan fingerprint density at radius 1 is 1.41 bits per heavy atom. The predicted octanol–water partition coefficient (Wildman–Crippen LogP) is 3.07. The first-order valence-corrected chi connectivity index (χ1v) is 5.66. The van der Waals surface area contributed by atoms with Crippen molar-refractivity contribution >= 4 is 11.7 Å². The van der Waals surface area contributed by atoms with Gasteiger partial charge in [0, 0.05) is 11.9 Å². The highest BCUT2D eigenvalue weighted by atomic mass is 16.2. The van der Waals surface area contributed by atoms with Gasteiger partial charge in [-0.1, -0.05) is 19.4 Å². The molecule has 0 atom stereocenters. The van der Waals surface area contributed by atoms with Gasteiger partial charge in [0.2, 0.25) is 0 Å². The van der Waals surface area contributed by atoms with Crippen LogP contribution in [-0.4, -0.2) is 11.0 Å². The number of hydrogen-bond donors (Lipinski definition) is 2. The lowest BCUT2D eigenvalue weighted by Gasteiger charge is -2.07. The van der Waals surface area contributed by atoms with Crippen LogP contribution in [0.3, 0.4) is 0 Å². The normalized spacial score (nSPS) is 11.5. The number of nitrogens with one attached hydrogen (secondary N) is 2. The second-order valence-electron chi connectivity index (χ2n) is 4.33. The van der Waals surface area contributed by atoms with E-state index in [4.69, 9.17) is 0 Å². The first kappa shape index (κ1) is 13.2. The average Bonchev–Trinajstić information content (AvgIpc) is 2.29. The van der Waals surface area contributed by atoms with Crippen LogP contribution >= 0.6 is 0 Å². The van der Waals surface area contributed by atoms with Gasteiger partial charge in [-0.15, -0.1) is 0 Å².